The van der Waals surface area contributed by atoms with E-state index in [9.17, 15) is 9.18 Å². The molecule has 1 aliphatic heterocycles. The highest BCUT2D eigenvalue weighted by Gasteiger charge is 2.29. The lowest BCUT2D eigenvalue weighted by Gasteiger charge is -2.37. The topological polar surface area (TPSA) is 20.3 Å². The van der Waals surface area contributed by atoms with Crippen LogP contribution in [0, 0.1) is 14.8 Å². The van der Waals surface area contributed by atoms with Crippen LogP contribution in [0.25, 0.3) is 0 Å². The first-order valence-corrected chi connectivity index (χ1v) is 7.21. The lowest BCUT2D eigenvalue weighted by Crippen LogP contribution is -2.41. The van der Waals surface area contributed by atoms with Gasteiger partial charge in [-0.2, -0.15) is 0 Å². The number of likely N-dealkylation sites (tertiary alicyclic amines) is 1. The molecule has 1 aliphatic rings. The molecule has 1 fully saturated rings. The van der Waals surface area contributed by atoms with Gasteiger partial charge in [0.05, 0.1) is 5.56 Å². The molecule has 18 heavy (non-hydrogen) atoms. The number of benzene rings is 1. The van der Waals surface area contributed by atoms with Crippen molar-refractivity contribution in [3.63, 3.8) is 0 Å². The van der Waals surface area contributed by atoms with Crippen molar-refractivity contribution in [1.82, 2.24) is 4.90 Å². The molecule has 0 bridgehead atoms. The number of piperidine rings is 1. The van der Waals surface area contributed by atoms with Crippen LogP contribution in [0.4, 0.5) is 4.39 Å². The van der Waals surface area contributed by atoms with E-state index in [1.807, 2.05) is 4.90 Å². The molecule has 98 valence electrons. The SMILES string of the molecule is CC1(C)CCN(C(=O)c2cc(F)ccc2I)CC1. The standard InChI is InChI=1S/C14H17FINO/c1-14(2)5-7-17(8-6-14)13(18)11-9-10(15)3-4-12(11)16/h3-4,9H,5-8H2,1-2H3. The van der Waals surface area contributed by atoms with Gasteiger partial charge in [0.15, 0.2) is 0 Å². The van der Waals surface area contributed by atoms with Gasteiger partial charge in [0, 0.05) is 16.7 Å². The molecule has 0 saturated carbocycles. The van der Waals surface area contributed by atoms with E-state index < -0.39 is 0 Å². The van der Waals surface area contributed by atoms with Crippen molar-refractivity contribution >= 4 is 28.5 Å². The van der Waals surface area contributed by atoms with Crippen LogP contribution in [-0.2, 0) is 0 Å². The largest absolute Gasteiger partial charge is 0.339 e. The molecule has 0 aliphatic carbocycles. The molecule has 0 aromatic heterocycles. The normalized spacial score (nSPS) is 18.8. The fourth-order valence-electron chi connectivity index (χ4n) is 2.15. The third-order valence-corrected chi connectivity index (χ3v) is 4.50. The van der Waals surface area contributed by atoms with E-state index >= 15 is 0 Å². The number of carbonyl (C=O) groups is 1. The smallest absolute Gasteiger partial charge is 0.255 e. The van der Waals surface area contributed by atoms with Gasteiger partial charge in [0.2, 0.25) is 0 Å². The van der Waals surface area contributed by atoms with Crippen LogP contribution in [-0.4, -0.2) is 23.9 Å². The summed E-state index contributed by atoms with van der Waals surface area (Å²) < 4.78 is 14.0. The quantitative estimate of drug-likeness (QED) is 0.699. The second kappa shape index (κ2) is 5.15. The van der Waals surface area contributed by atoms with Crippen molar-refractivity contribution in [1.29, 1.82) is 0 Å². The Labute approximate surface area is 121 Å². The highest BCUT2D eigenvalue weighted by molar-refractivity contribution is 14.1. The van der Waals surface area contributed by atoms with Crippen molar-refractivity contribution in [2.45, 2.75) is 26.7 Å². The number of amides is 1. The lowest BCUT2D eigenvalue weighted by atomic mass is 9.82. The third kappa shape index (κ3) is 3.02. The van der Waals surface area contributed by atoms with Crippen LogP contribution >= 0.6 is 22.6 Å². The van der Waals surface area contributed by atoms with Gasteiger partial charge in [-0.05, 0) is 59.0 Å². The van der Waals surface area contributed by atoms with Crippen LogP contribution in [0.15, 0.2) is 18.2 Å². The number of hydrogen-bond donors (Lipinski definition) is 0. The maximum absolute atomic E-state index is 13.2. The van der Waals surface area contributed by atoms with Gasteiger partial charge < -0.3 is 4.90 Å². The number of carbonyl (C=O) groups excluding carboxylic acids is 1. The predicted molar refractivity (Wildman–Crippen MR) is 78.0 cm³/mol. The predicted octanol–water partition coefficient (Wildman–Crippen LogP) is 3.69. The summed E-state index contributed by atoms with van der Waals surface area (Å²) in [6.45, 7) is 5.97. The summed E-state index contributed by atoms with van der Waals surface area (Å²) in [5, 5.41) is 0. The summed E-state index contributed by atoms with van der Waals surface area (Å²) in [4.78, 5) is 14.2. The van der Waals surface area contributed by atoms with Crippen LogP contribution in [0.2, 0.25) is 0 Å². The number of hydrogen-bond acceptors (Lipinski definition) is 1. The second-order valence-corrected chi connectivity index (χ2v) is 6.74. The Balaban J connectivity index is 2.15. The Hall–Kier alpha value is -0.650. The monoisotopic (exact) mass is 361 g/mol. The molecule has 1 aromatic rings. The van der Waals surface area contributed by atoms with Crippen molar-refractivity contribution in [3.8, 4) is 0 Å². The molecule has 1 aromatic carbocycles. The summed E-state index contributed by atoms with van der Waals surface area (Å²) >= 11 is 2.08. The molecule has 2 rings (SSSR count). The van der Waals surface area contributed by atoms with Gasteiger partial charge >= 0.3 is 0 Å². The van der Waals surface area contributed by atoms with E-state index in [0.29, 0.717) is 11.0 Å². The zero-order valence-corrected chi connectivity index (χ0v) is 12.8. The van der Waals surface area contributed by atoms with Crippen molar-refractivity contribution < 1.29 is 9.18 Å². The molecule has 0 radical (unpaired) electrons. The summed E-state index contributed by atoms with van der Waals surface area (Å²) in [6, 6.07) is 4.37. The van der Waals surface area contributed by atoms with Crippen molar-refractivity contribution in [2.75, 3.05) is 13.1 Å². The maximum Gasteiger partial charge on any atom is 0.255 e. The molecule has 1 amide bonds. The molecular weight excluding hydrogens is 344 g/mol. The fraction of sp³-hybridized carbons (Fsp3) is 0.500. The first-order valence-electron chi connectivity index (χ1n) is 6.13. The molecule has 0 unspecified atom stereocenters. The fourth-order valence-corrected chi connectivity index (χ4v) is 2.71. The van der Waals surface area contributed by atoms with E-state index in [0.717, 1.165) is 29.5 Å². The van der Waals surface area contributed by atoms with Crippen LogP contribution in [0.3, 0.4) is 0 Å². The van der Waals surface area contributed by atoms with E-state index in [1.165, 1.54) is 12.1 Å². The number of nitrogens with zero attached hydrogens (tertiary/aromatic N) is 1. The average Bonchev–Trinajstić information content (AvgIpc) is 2.31. The second-order valence-electron chi connectivity index (χ2n) is 5.58. The number of halogens is 2. The Morgan fingerprint density at radius 3 is 2.56 bits per heavy atom. The summed E-state index contributed by atoms with van der Waals surface area (Å²) in [5.74, 6) is -0.398. The van der Waals surface area contributed by atoms with Gasteiger partial charge in [0.25, 0.3) is 5.91 Å². The van der Waals surface area contributed by atoms with Gasteiger partial charge in [-0.1, -0.05) is 13.8 Å². The van der Waals surface area contributed by atoms with E-state index in [4.69, 9.17) is 0 Å². The Bertz CT molecular complexity index is 463. The van der Waals surface area contributed by atoms with Crippen LogP contribution in [0.5, 0.6) is 0 Å². The zero-order valence-electron chi connectivity index (χ0n) is 10.7. The molecule has 0 N–H and O–H groups in total. The van der Waals surface area contributed by atoms with Gasteiger partial charge in [-0.3, -0.25) is 4.79 Å². The first-order chi connectivity index (χ1) is 8.39. The van der Waals surface area contributed by atoms with Crippen LogP contribution in [0.1, 0.15) is 37.0 Å². The Morgan fingerprint density at radius 2 is 1.94 bits per heavy atom. The molecule has 4 heteroatoms. The summed E-state index contributed by atoms with van der Waals surface area (Å²) in [5.41, 5.74) is 0.793. The van der Waals surface area contributed by atoms with Gasteiger partial charge in [0.1, 0.15) is 5.82 Å². The minimum Gasteiger partial charge on any atom is -0.339 e. The first kappa shape index (κ1) is 13.8. The van der Waals surface area contributed by atoms with E-state index in [2.05, 4.69) is 36.4 Å². The van der Waals surface area contributed by atoms with E-state index in [-0.39, 0.29) is 11.7 Å². The average molecular weight is 361 g/mol. The highest BCUT2D eigenvalue weighted by atomic mass is 127. The number of rotatable bonds is 1. The minimum atomic E-state index is -0.351. The van der Waals surface area contributed by atoms with Crippen LogP contribution < -0.4 is 0 Å². The molecule has 1 saturated heterocycles. The van der Waals surface area contributed by atoms with Crippen molar-refractivity contribution in [2.24, 2.45) is 5.41 Å². The summed E-state index contributed by atoms with van der Waals surface area (Å²) in [7, 11) is 0. The highest BCUT2D eigenvalue weighted by Crippen LogP contribution is 2.30. The minimum absolute atomic E-state index is 0.0469. The summed E-state index contributed by atoms with van der Waals surface area (Å²) in [6.07, 6.45) is 2.01. The molecule has 0 spiro atoms. The van der Waals surface area contributed by atoms with Gasteiger partial charge in [-0.25, -0.2) is 4.39 Å². The maximum atomic E-state index is 13.2. The zero-order chi connectivity index (χ0) is 13.3. The lowest BCUT2D eigenvalue weighted by molar-refractivity contribution is 0.0628. The Morgan fingerprint density at radius 1 is 1.33 bits per heavy atom. The van der Waals surface area contributed by atoms with Gasteiger partial charge in [-0.15, -0.1) is 0 Å². The molecule has 1 heterocycles. The molecular formula is C14H17FINO. The third-order valence-electron chi connectivity index (χ3n) is 3.56. The Kier molecular flexibility index (Phi) is 3.94. The molecule has 2 nitrogen and oxygen atoms in total. The van der Waals surface area contributed by atoms with E-state index in [1.54, 1.807) is 6.07 Å². The molecule has 0 atom stereocenters. The van der Waals surface area contributed by atoms with Crippen molar-refractivity contribution in [3.05, 3.63) is 33.1 Å².